The van der Waals surface area contributed by atoms with Crippen LogP contribution in [0.15, 0.2) is 127 Å². The Bertz CT molecular complexity index is 1810. The number of carbonyl (C=O) groups excluding carboxylic acids is 2. The van der Waals surface area contributed by atoms with Gasteiger partial charge in [0.15, 0.2) is 0 Å². The Balaban J connectivity index is 1.56. The zero-order valence-electron chi connectivity index (χ0n) is 24.0. The lowest BCUT2D eigenvalue weighted by molar-refractivity contribution is -0.115. The Labute approximate surface area is 246 Å². The zero-order valence-corrected chi connectivity index (χ0v) is 24.0. The van der Waals surface area contributed by atoms with Gasteiger partial charge in [-0.25, -0.2) is 0 Å². The van der Waals surface area contributed by atoms with Crippen LogP contribution < -0.4 is 0 Å². The molecule has 1 N–H and O–H groups in total. The number of hydrogen-bond donors (Lipinski definition) is 1. The summed E-state index contributed by atoms with van der Waals surface area (Å²) in [6.45, 7) is 6.39. The predicted molar refractivity (Wildman–Crippen MR) is 170 cm³/mol. The van der Waals surface area contributed by atoms with Crippen LogP contribution in [0.3, 0.4) is 0 Å². The fourth-order valence-electron chi connectivity index (χ4n) is 6.13. The molecular weight excluding hydrogens is 516 g/mol. The first-order chi connectivity index (χ1) is 20.3. The van der Waals surface area contributed by atoms with E-state index in [4.69, 9.17) is 0 Å². The topological polar surface area (TPSA) is 54.4 Å². The number of phenolic OH excluding ortho intramolecular Hbond substituents is 1. The Morgan fingerprint density at radius 3 is 1.81 bits per heavy atom. The second kappa shape index (κ2) is 10.8. The Morgan fingerprint density at radius 1 is 0.643 bits per heavy atom. The molecule has 0 fully saturated rings. The van der Waals surface area contributed by atoms with Gasteiger partial charge in [0.05, 0.1) is 5.92 Å². The summed E-state index contributed by atoms with van der Waals surface area (Å²) in [5.74, 6) is -1.31. The van der Waals surface area contributed by atoms with Crippen LogP contribution >= 0.6 is 0 Å². The minimum Gasteiger partial charge on any atom is -0.508 e. The van der Waals surface area contributed by atoms with Crippen molar-refractivity contribution in [3.05, 3.63) is 161 Å². The van der Waals surface area contributed by atoms with Crippen molar-refractivity contribution in [2.24, 2.45) is 0 Å². The molecule has 5 aromatic carbocycles. The fraction of sp³-hybridized carbons (Fsp3) is 0.128. The van der Waals surface area contributed by atoms with Crippen molar-refractivity contribution in [3.63, 3.8) is 0 Å². The molecule has 1 atom stereocenters. The fourth-order valence-corrected chi connectivity index (χ4v) is 6.13. The largest absolute Gasteiger partial charge is 0.508 e. The number of phenols is 1. The molecular formula is C39H32O3. The summed E-state index contributed by atoms with van der Waals surface area (Å²) >= 11 is 0. The molecule has 5 aromatic rings. The van der Waals surface area contributed by atoms with Gasteiger partial charge in [-0.3, -0.25) is 9.59 Å². The first kappa shape index (κ1) is 27.2. The third-order valence-electron chi connectivity index (χ3n) is 8.60. The number of allylic oxidation sites excluding steroid dienone is 2. The van der Waals surface area contributed by atoms with Gasteiger partial charge in [-0.15, -0.1) is 0 Å². The van der Waals surface area contributed by atoms with Crippen molar-refractivity contribution in [1.29, 1.82) is 0 Å². The molecule has 42 heavy (non-hydrogen) atoms. The smallest absolute Gasteiger partial charge is 0.230 e. The van der Waals surface area contributed by atoms with E-state index in [0.717, 1.165) is 50.1 Å². The molecule has 1 unspecified atom stereocenters. The highest BCUT2D eigenvalue weighted by atomic mass is 16.3. The van der Waals surface area contributed by atoms with E-state index in [-0.39, 0.29) is 11.2 Å². The van der Waals surface area contributed by atoms with Crippen molar-refractivity contribution in [3.8, 4) is 16.9 Å². The maximum atomic E-state index is 13.8. The van der Waals surface area contributed by atoms with E-state index in [2.05, 4.69) is 45.0 Å². The maximum Gasteiger partial charge on any atom is 0.230 e. The van der Waals surface area contributed by atoms with E-state index in [1.165, 1.54) is 0 Å². The number of carbonyl (C=O) groups is 2. The van der Waals surface area contributed by atoms with Gasteiger partial charge in [-0.2, -0.15) is 0 Å². The van der Waals surface area contributed by atoms with Gasteiger partial charge in [0.1, 0.15) is 5.75 Å². The Kier molecular flexibility index (Phi) is 6.96. The van der Waals surface area contributed by atoms with E-state index in [0.29, 0.717) is 5.56 Å². The highest BCUT2D eigenvalue weighted by Crippen LogP contribution is 2.47. The van der Waals surface area contributed by atoms with E-state index in [1.54, 1.807) is 18.2 Å². The van der Waals surface area contributed by atoms with Crippen molar-refractivity contribution in [2.45, 2.75) is 32.1 Å². The summed E-state index contributed by atoms with van der Waals surface area (Å²) in [7, 11) is 0. The van der Waals surface area contributed by atoms with Crippen LogP contribution in [0.4, 0.5) is 0 Å². The first-order valence-corrected chi connectivity index (χ1v) is 14.2. The number of ketones is 2. The standard InChI is InChI=1S/C39H32O3/c1-25(26-17-19-29(20-18-26)39(2,3)30-21-23-31(40)24-22-30)34-35(28-13-8-5-9-14-28)38(42)37(41)33-16-10-15-32(36(33)34)27-11-6-4-7-12-27/h4-24,35,40H,1-3H3. The lowest BCUT2D eigenvalue weighted by Crippen LogP contribution is -2.30. The summed E-state index contributed by atoms with van der Waals surface area (Å²) in [6.07, 6.45) is 0. The van der Waals surface area contributed by atoms with Gasteiger partial charge in [0.2, 0.25) is 11.6 Å². The van der Waals surface area contributed by atoms with Crippen LogP contribution in [-0.4, -0.2) is 16.7 Å². The molecule has 3 nitrogen and oxygen atoms in total. The normalized spacial score (nSPS) is 16.2. The van der Waals surface area contributed by atoms with Crippen LogP contribution in [0.1, 0.15) is 64.9 Å². The summed E-state index contributed by atoms with van der Waals surface area (Å²) in [6, 6.07) is 41.1. The molecule has 0 saturated carbocycles. The number of benzene rings is 5. The van der Waals surface area contributed by atoms with E-state index < -0.39 is 17.5 Å². The maximum absolute atomic E-state index is 13.8. The number of rotatable bonds is 5. The first-order valence-electron chi connectivity index (χ1n) is 14.2. The van der Waals surface area contributed by atoms with Crippen molar-refractivity contribution in [2.75, 3.05) is 0 Å². The number of Topliss-reactive ketones (excluding diaryl/α,β-unsaturated/α-hetero) is 2. The number of hydrogen-bond acceptors (Lipinski definition) is 3. The summed E-state index contributed by atoms with van der Waals surface area (Å²) in [5.41, 5.74) is 8.81. The molecule has 0 aromatic heterocycles. The van der Waals surface area contributed by atoms with Crippen molar-refractivity contribution < 1.29 is 14.7 Å². The van der Waals surface area contributed by atoms with Crippen LogP contribution in [0.5, 0.6) is 5.75 Å². The van der Waals surface area contributed by atoms with Gasteiger partial charge >= 0.3 is 0 Å². The van der Waals surface area contributed by atoms with Gasteiger partial charge < -0.3 is 5.11 Å². The minimum absolute atomic E-state index is 0.246. The zero-order chi connectivity index (χ0) is 29.4. The quantitative estimate of drug-likeness (QED) is 0.223. The van der Waals surface area contributed by atoms with E-state index in [9.17, 15) is 14.7 Å². The highest BCUT2D eigenvalue weighted by molar-refractivity contribution is 6.50. The van der Waals surface area contributed by atoms with Gasteiger partial charge in [0, 0.05) is 11.0 Å². The molecule has 0 radical (unpaired) electrons. The second-order valence-corrected chi connectivity index (χ2v) is 11.4. The molecule has 0 amide bonds. The molecule has 0 spiro atoms. The van der Waals surface area contributed by atoms with E-state index in [1.807, 2.05) is 84.9 Å². The molecule has 0 aliphatic heterocycles. The monoisotopic (exact) mass is 548 g/mol. The van der Waals surface area contributed by atoms with Crippen molar-refractivity contribution in [1.82, 2.24) is 0 Å². The number of fused-ring (bicyclic) bond motifs is 1. The third-order valence-corrected chi connectivity index (χ3v) is 8.60. The average Bonchev–Trinajstić information content (AvgIpc) is 3.03. The molecule has 0 bridgehead atoms. The van der Waals surface area contributed by atoms with Crippen molar-refractivity contribution >= 4 is 22.7 Å². The number of aromatic hydroxyl groups is 1. The predicted octanol–water partition coefficient (Wildman–Crippen LogP) is 8.87. The molecule has 3 heteroatoms. The van der Waals surface area contributed by atoms with Gasteiger partial charge in [-0.1, -0.05) is 129 Å². The highest BCUT2D eigenvalue weighted by Gasteiger charge is 2.40. The van der Waals surface area contributed by atoms with Gasteiger partial charge in [-0.05, 0) is 69.1 Å². The molecule has 1 aliphatic rings. The molecule has 206 valence electrons. The summed E-state index contributed by atoms with van der Waals surface area (Å²) in [5, 5.41) is 9.76. The Morgan fingerprint density at radius 2 is 1.19 bits per heavy atom. The molecule has 0 heterocycles. The lowest BCUT2D eigenvalue weighted by atomic mass is 9.70. The Hall–Kier alpha value is -5.02. The SMILES string of the molecule is CC(=C1c2c(cccc2-c2ccccc2)C(=O)C(=O)C1c1ccccc1)c1ccc(C(C)(C)c2ccc(O)cc2)cc1. The molecule has 6 rings (SSSR count). The van der Waals surface area contributed by atoms with Crippen LogP contribution in [0, 0.1) is 0 Å². The summed E-state index contributed by atoms with van der Waals surface area (Å²) < 4.78 is 0. The van der Waals surface area contributed by atoms with Crippen LogP contribution in [0.25, 0.3) is 22.3 Å². The van der Waals surface area contributed by atoms with Crippen LogP contribution in [-0.2, 0) is 10.2 Å². The second-order valence-electron chi connectivity index (χ2n) is 11.4. The third kappa shape index (κ3) is 4.67. The molecule has 1 aliphatic carbocycles. The molecule has 0 saturated heterocycles. The lowest BCUT2D eigenvalue weighted by Gasteiger charge is -2.31. The summed E-state index contributed by atoms with van der Waals surface area (Å²) in [4.78, 5) is 27.5. The minimum atomic E-state index is -0.704. The average molecular weight is 549 g/mol. The van der Waals surface area contributed by atoms with Crippen LogP contribution in [0.2, 0.25) is 0 Å². The van der Waals surface area contributed by atoms with E-state index >= 15 is 0 Å². The van der Waals surface area contributed by atoms with Gasteiger partial charge in [0.25, 0.3) is 0 Å².